The monoisotopic (exact) mass is 292 g/mol. The fraction of sp³-hybridized carbons (Fsp3) is 0.625. The summed E-state index contributed by atoms with van der Waals surface area (Å²) in [5.41, 5.74) is 1.26. The summed E-state index contributed by atoms with van der Waals surface area (Å²) in [5.74, 6) is 1.71. The van der Waals surface area contributed by atoms with Crippen LogP contribution < -0.4 is 14.8 Å². The Morgan fingerprint density at radius 2 is 2.24 bits per heavy atom. The van der Waals surface area contributed by atoms with Gasteiger partial charge in [-0.2, -0.15) is 0 Å². The Kier molecular flexibility index (Phi) is 4.95. The molecule has 0 aromatic heterocycles. The van der Waals surface area contributed by atoms with Gasteiger partial charge in [-0.15, -0.1) is 0 Å². The lowest BCUT2D eigenvalue weighted by molar-refractivity contribution is 0.138. The second-order valence-corrected chi connectivity index (χ2v) is 5.71. The molecule has 0 radical (unpaired) electrons. The highest BCUT2D eigenvalue weighted by atomic mass is 16.7. The molecule has 0 aliphatic carbocycles. The molecule has 1 unspecified atom stereocenters. The van der Waals surface area contributed by atoms with Crippen molar-refractivity contribution in [2.24, 2.45) is 0 Å². The van der Waals surface area contributed by atoms with Gasteiger partial charge in [-0.05, 0) is 37.1 Å². The molecule has 5 nitrogen and oxygen atoms in total. The molecule has 1 fully saturated rings. The van der Waals surface area contributed by atoms with E-state index >= 15 is 0 Å². The largest absolute Gasteiger partial charge is 0.454 e. The van der Waals surface area contributed by atoms with Gasteiger partial charge in [-0.1, -0.05) is 6.07 Å². The third kappa shape index (κ3) is 3.87. The number of nitrogens with one attached hydrogen (secondary N) is 1. The number of methoxy groups -OCH3 is 1. The topological polar surface area (TPSA) is 43.0 Å². The van der Waals surface area contributed by atoms with Gasteiger partial charge in [0.1, 0.15) is 0 Å². The molecule has 1 N–H and O–H groups in total. The minimum Gasteiger partial charge on any atom is -0.454 e. The molecule has 116 valence electrons. The van der Waals surface area contributed by atoms with Crippen LogP contribution in [0.3, 0.4) is 0 Å². The van der Waals surface area contributed by atoms with Crippen molar-refractivity contribution in [2.75, 3.05) is 40.1 Å². The fourth-order valence-electron chi connectivity index (χ4n) is 2.98. The first-order valence-electron chi connectivity index (χ1n) is 7.68. The van der Waals surface area contributed by atoms with E-state index in [0.29, 0.717) is 12.8 Å². The van der Waals surface area contributed by atoms with Crippen LogP contribution in [-0.4, -0.2) is 51.1 Å². The molecule has 3 rings (SSSR count). The van der Waals surface area contributed by atoms with Crippen molar-refractivity contribution < 1.29 is 14.2 Å². The van der Waals surface area contributed by atoms with Crippen molar-refractivity contribution >= 4 is 0 Å². The molecule has 1 saturated heterocycles. The molecule has 2 aliphatic rings. The Bertz CT molecular complexity index is 461. The van der Waals surface area contributed by atoms with Gasteiger partial charge in [0.05, 0.1) is 6.61 Å². The number of nitrogens with zero attached hydrogens (tertiary/aromatic N) is 1. The number of rotatable bonds is 7. The quantitative estimate of drug-likeness (QED) is 0.827. The van der Waals surface area contributed by atoms with Crippen LogP contribution in [0, 0.1) is 0 Å². The molecule has 21 heavy (non-hydrogen) atoms. The molecule has 1 aromatic carbocycles. The zero-order valence-electron chi connectivity index (χ0n) is 12.6. The summed E-state index contributed by atoms with van der Waals surface area (Å²) in [5, 5.41) is 3.56. The zero-order valence-corrected chi connectivity index (χ0v) is 12.6. The molecular formula is C16H24N2O3. The van der Waals surface area contributed by atoms with Gasteiger partial charge in [-0.25, -0.2) is 0 Å². The zero-order chi connectivity index (χ0) is 14.5. The summed E-state index contributed by atoms with van der Waals surface area (Å²) in [7, 11) is 1.76. The number of ether oxygens (including phenoxy) is 3. The van der Waals surface area contributed by atoms with E-state index in [1.807, 2.05) is 6.07 Å². The van der Waals surface area contributed by atoms with Gasteiger partial charge in [-0.3, -0.25) is 4.90 Å². The van der Waals surface area contributed by atoms with Crippen molar-refractivity contribution in [1.82, 2.24) is 10.2 Å². The lowest BCUT2D eigenvalue weighted by Gasteiger charge is -2.25. The van der Waals surface area contributed by atoms with Crippen LogP contribution in [-0.2, 0) is 11.3 Å². The number of fused-ring (bicyclic) bond motifs is 1. The van der Waals surface area contributed by atoms with Crippen LogP contribution >= 0.6 is 0 Å². The maximum absolute atomic E-state index is 5.46. The molecule has 0 saturated carbocycles. The summed E-state index contributed by atoms with van der Waals surface area (Å²) in [6, 6.07) is 6.82. The van der Waals surface area contributed by atoms with E-state index in [1.54, 1.807) is 7.11 Å². The fourth-order valence-corrected chi connectivity index (χ4v) is 2.98. The van der Waals surface area contributed by atoms with Crippen molar-refractivity contribution in [2.45, 2.75) is 25.4 Å². The highest BCUT2D eigenvalue weighted by Gasteiger charge is 2.19. The second kappa shape index (κ2) is 7.11. The third-order valence-corrected chi connectivity index (χ3v) is 4.10. The van der Waals surface area contributed by atoms with Gasteiger partial charge in [0.2, 0.25) is 6.79 Å². The first-order chi connectivity index (χ1) is 10.3. The minimum absolute atomic E-state index is 0.332. The molecule has 0 amide bonds. The number of benzene rings is 1. The maximum atomic E-state index is 5.46. The van der Waals surface area contributed by atoms with E-state index < -0.39 is 0 Å². The SMILES string of the molecule is COCCN(Cc1ccc2c(c1)OCO2)CC1CCCN1. The predicted octanol–water partition coefficient (Wildman–Crippen LogP) is 1.62. The highest BCUT2D eigenvalue weighted by molar-refractivity contribution is 5.44. The summed E-state index contributed by atoms with van der Waals surface area (Å²) < 4.78 is 16.1. The normalized spacial score (nSPS) is 20.4. The van der Waals surface area contributed by atoms with Gasteiger partial charge >= 0.3 is 0 Å². The first kappa shape index (κ1) is 14.6. The van der Waals surface area contributed by atoms with E-state index in [-0.39, 0.29) is 0 Å². The summed E-state index contributed by atoms with van der Waals surface area (Å²) >= 11 is 0. The standard InChI is InChI=1S/C16H24N2O3/c1-19-8-7-18(11-14-3-2-6-17-14)10-13-4-5-15-16(9-13)21-12-20-15/h4-5,9,14,17H,2-3,6-8,10-12H2,1H3. The predicted molar refractivity (Wildman–Crippen MR) is 80.7 cm³/mol. The van der Waals surface area contributed by atoms with Crippen molar-refractivity contribution in [3.8, 4) is 11.5 Å². The summed E-state index contributed by atoms with van der Waals surface area (Å²) in [6.07, 6.45) is 2.55. The van der Waals surface area contributed by atoms with Crippen molar-refractivity contribution in [3.63, 3.8) is 0 Å². The highest BCUT2D eigenvalue weighted by Crippen LogP contribution is 2.32. The van der Waals surface area contributed by atoms with Crippen LogP contribution in [0.5, 0.6) is 11.5 Å². The number of hydrogen-bond acceptors (Lipinski definition) is 5. The minimum atomic E-state index is 0.332. The molecule has 0 spiro atoms. The van der Waals surface area contributed by atoms with Gasteiger partial charge in [0.25, 0.3) is 0 Å². The summed E-state index contributed by atoms with van der Waals surface area (Å²) in [6.45, 7) is 5.17. The lowest BCUT2D eigenvalue weighted by Crippen LogP contribution is -2.38. The van der Waals surface area contributed by atoms with E-state index in [2.05, 4.69) is 22.3 Å². The van der Waals surface area contributed by atoms with Crippen molar-refractivity contribution in [1.29, 1.82) is 0 Å². The van der Waals surface area contributed by atoms with Gasteiger partial charge < -0.3 is 19.5 Å². The van der Waals surface area contributed by atoms with Crippen LogP contribution in [0.2, 0.25) is 0 Å². The average molecular weight is 292 g/mol. The molecule has 0 bridgehead atoms. The lowest BCUT2D eigenvalue weighted by atomic mass is 10.1. The Labute approximate surface area is 126 Å². The Hall–Kier alpha value is -1.30. The van der Waals surface area contributed by atoms with Crippen LogP contribution in [0.1, 0.15) is 18.4 Å². The number of hydrogen-bond donors (Lipinski definition) is 1. The molecule has 2 heterocycles. The summed E-state index contributed by atoms with van der Waals surface area (Å²) in [4.78, 5) is 2.45. The third-order valence-electron chi connectivity index (χ3n) is 4.10. The van der Waals surface area contributed by atoms with E-state index in [9.17, 15) is 0 Å². The van der Waals surface area contributed by atoms with E-state index in [1.165, 1.54) is 18.4 Å². The molecular weight excluding hydrogens is 268 g/mol. The van der Waals surface area contributed by atoms with Gasteiger partial charge in [0, 0.05) is 32.8 Å². The first-order valence-corrected chi connectivity index (χ1v) is 7.68. The van der Waals surface area contributed by atoms with Gasteiger partial charge in [0.15, 0.2) is 11.5 Å². The Morgan fingerprint density at radius 3 is 3.05 bits per heavy atom. The molecule has 1 atom stereocenters. The van der Waals surface area contributed by atoms with Crippen molar-refractivity contribution in [3.05, 3.63) is 23.8 Å². The molecule has 5 heteroatoms. The second-order valence-electron chi connectivity index (χ2n) is 5.71. The van der Waals surface area contributed by atoms with Crippen LogP contribution in [0.25, 0.3) is 0 Å². The van der Waals surface area contributed by atoms with Crippen LogP contribution in [0.4, 0.5) is 0 Å². The molecule has 2 aliphatic heterocycles. The van der Waals surface area contributed by atoms with E-state index in [4.69, 9.17) is 14.2 Å². The molecule has 1 aromatic rings. The smallest absolute Gasteiger partial charge is 0.231 e. The van der Waals surface area contributed by atoms with Crippen LogP contribution in [0.15, 0.2) is 18.2 Å². The maximum Gasteiger partial charge on any atom is 0.231 e. The Morgan fingerprint density at radius 1 is 1.33 bits per heavy atom. The Balaban J connectivity index is 1.62. The average Bonchev–Trinajstić information content (AvgIpc) is 3.15. The van der Waals surface area contributed by atoms with E-state index in [0.717, 1.165) is 44.3 Å².